The molecular weight excluding hydrogens is 862 g/mol. The summed E-state index contributed by atoms with van der Waals surface area (Å²) in [7, 11) is -2.85. The summed E-state index contributed by atoms with van der Waals surface area (Å²) in [6.07, 6.45) is 6.90. The summed E-state index contributed by atoms with van der Waals surface area (Å²) >= 11 is 1.45. The van der Waals surface area contributed by atoms with Gasteiger partial charge < -0.3 is 29.3 Å². The zero-order chi connectivity index (χ0) is 45.2. The van der Waals surface area contributed by atoms with E-state index in [9.17, 15) is 32.6 Å². The summed E-state index contributed by atoms with van der Waals surface area (Å²) < 4.78 is 62.8. The predicted octanol–water partition coefficient (Wildman–Crippen LogP) is 10.2. The topological polar surface area (TPSA) is 157 Å². The number of amides is 1. The Morgan fingerprint density at radius 1 is 0.969 bits per heavy atom. The minimum Gasteiger partial charge on any atom is -0.497 e. The number of benzene rings is 2. The molecule has 12 nitrogen and oxygen atoms in total. The van der Waals surface area contributed by atoms with Crippen LogP contribution < -0.4 is 14.8 Å². The monoisotopic (exact) mass is 920 g/mol. The fourth-order valence-corrected chi connectivity index (χ4v) is 13.6. The molecule has 2 aliphatic carbocycles. The second-order valence-electron chi connectivity index (χ2n) is 18.6. The Kier molecular flexibility index (Phi) is 14.1. The number of pyridine rings is 1. The lowest BCUT2D eigenvalue weighted by molar-refractivity contribution is -0.154. The zero-order valence-electron chi connectivity index (χ0n) is 36.9. The number of ether oxygens (including phenoxy) is 3. The van der Waals surface area contributed by atoms with Crippen LogP contribution >= 0.6 is 18.7 Å². The maximum absolute atomic E-state index is 15.0. The molecule has 0 bridgehead atoms. The molecule has 16 heteroatoms. The standard InChI is InChI=1S/C48H59F2N4O8PS/c1-29(2)51-47-53-41(28-64-47)40-23-44(35-19-18-33(60-3)21-39(35)52-40)61-34-22-42-43(55)25-48(63(58,59)27-36-37(49)16-11-17-38(36)50)24-31(48)13-8-6-4-5-7-12-30(46(57)54(42)26-34)20-45(56)62-32-14-9-10-15-32/h11,16-19,21,23,28-32,34,42H,4-10,12-15,20,22,24-27H2,1-3H3,(H,51,53)(H,58,59)/t30-,31-,34-,42+,48-/m1/s1. The number of thiazole rings is 1. The second kappa shape index (κ2) is 19.6. The van der Waals surface area contributed by atoms with E-state index < -0.39 is 65.7 Å². The first kappa shape index (κ1) is 46.1. The molecule has 64 heavy (non-hydrogen) atoms. The van der Waals surface area contributed by atoms with Gasteiger partial charge in [-0.05, 0) is 89.0 Å². The largest absolute Gasteiger partial charge is 0.497 e. The van der Waals surface area contributed by atoms with E-state index in [0.717, 1.165) is 68.6 Å². The fraction of sp³-hybridized carbons (Fsp3) is 0.562. The lowest BCUT2D eigenvalue weighted by atomic mass is 9.94. The van der Waals surface area contributed by atoms with Crippen LogP contribution in [0, 0.1) is 23.5 Å². The van der Waals surface area contributed by atoms with Gasteiger partial charge >= 0.3 is 5.97 Å². The maximum Gasteiger partial charge on any atom is 0.306 e. The summed E-state index contributed by atoms with van der Waals surface area (Å²) in [6.45, 7) is 4.08. The van der Waals surface area contributed by atoms with E-state index in [-0.39, 0.29) is 56.2 Å². The smallest absolute Gasteiger partial charge is 0.306 e. The van der Waals surface area contributed by atoms with Crippen LogP contribution in [-0.2, 0) is 29.8 Å². The highest BCUT2D eigenvalue weighted by atomic mass is 32.1. The van der Waals surface area contributed by atoms with E-state index in [4.69, 9.17) is 24.2 Å². The number of fused-ring (bicyclic) bond motifs is 3. The SMILES string of the molecule is COc1ccc2c(O[C@@H]3C[C@H]4C(=O)C[C@]5(P(=O)(O)Cc6c(F)cccc6F)C[C@H]5CCCCCCC[C@H](CC(=O)OC5CCCC5)C(=O)N4C3)cc(-c3csc(NC(C)C)n3)nc2c1. The minimum atomic E-state index is -4.42. The number of carbonyl (C=O) groups is 3. The Bertz CT molecular complexity index is 2390. The van der Waals surface area contributed by atoms with Crippen molar-refractivity contribution in [1.82, 2.24) is 14.9 Å². The van der Waals surface area contributed by atoms with Crippen molar-refractivity contribution in [2.75, 3.05) is 19.0 Å². The molecule has 4 heterocycles. The van der Waals surface area contributed by atoms with Crippen LogP contribution in [-0.4, -0.2) is 80.5 Å². The summed E-state index contributed by atoms with van der Waals surface area (Å²) in [5, 5.41) is 5.25. The molecule has 4 aromatic rings. The van der Waals surface area contributed by atoms with Crippen molar-refractivity contribution < 1.29 is 46.8 Å². The van der Waals surface area contributed by atoms with E-state index in [2.05, 4.69) is 5.32 Å². The fourth-order valence-electron chi connectivity index (χ4n) is 10.1. The van der Waals surface area contributed by atoms with Gasteiger partial charge in [0.05, 0.1) is 48.6 Å². The van der Waals surface area contributed by atoms with Crippen LogP contribution in [0.3, 0.4) is 0 Å². The molecule has 344 valence electrons. The Hall–Kier alpha value is -4.46. The predicted molar refractivity (Wildman–Crippen MR) is 242 cm³/mol. The third-order valence-electron chi connectivity index (χ3n) is 13.6. The molecule has 2 saturated carbocycles. The van der Waals surface area contributed by atoms with Crippen LogP contribution in [0.2, 0.25) is 0 Å². The molecule has 0 radical (unpaired) electrons. The molecule has 8 rings (SSSR count). The minimum absolute atomic E-state index is 0.0194. The maximum atomic E-state index is 15.0. The van der Waals surface area contributed by atoms with E-state index in [1.54, 1.807) is 25.3 Å². The molecule has 2 aromatic carbocycles. The molecule has 6 atom stereocenters. The van der Waals surface area contributed by atoms with Gasteiger partial charge in [0.1, 0.15) is 41.0 Å². The van der Waals surface area contributed by atoms with Crippen molar-refractivity contribution in [2.45, 2.75) is 146 Å². The average Bonchev–Trinajstić information content (AvgIpc) is 3.67. The number of hydrogen-bond donors (Lipinski definition) is 2. The van der Waals surface area contributed by atoms with Gasteiger partial charge in [0.15, 0.2) is 10.9 Å². The number of ketones is 1. The first-order chi connectivity index (χ1) is 30.7. The number of esters is 1. The number of nitrogens with zero attached hydrogens (tertiary/aromatic N) is 3. The van der Waals surface area contributed by atoms with Crippen molar-refractivity contribution in [1.29, 1.82) is 0 Å². The third-order valence-corrected chi connectivity index (χ3v) is 17.3. The lowest BCUT2D eigenvalue weighted by Crippen LogP contribution is -2.45. The van der Waals surface area contributed by atoms with Gasteiger partial charge in [-0.15, -0.1) is 11.3 Å². The highest BCUT2D eigenvalue weighted by Crippen LogP contribution is 2.75. The molecule has 4 fully saturated rings. The number of nitrogens with one attached hydrogen (secondary N) is 1. The molecule has 2 N–H and O–H groups in total. The van der Waals surface area contributed by atoms with Crippen LogP contribution in [0.15, 0.2) is 47.8 Å². The summed E-state index contributed by atoms with van der Waals surface area (Å²) in [6, 6.07) is 9.72. The number of aromatic nitrogens is 2. The lowest BCUT2D eigenvalue weighted by Gasteiger charge is -2.30. The van der Waals surface area contributed by atoms with Crippen LogP contribution in [0.4, 0.5) is 13.9 Å². The van der Waals surface area contributed by atoms with Crippen LogP contribution in [0.25, 0.3) is 22.3 Å². The molecule has 1 amide bonds. The number of hydrogen-bond acceptors (Lipinski definition) is 11. The number of halogens is 2. The molecule has 4 aliphatic rings. The number of Topliss-reactive ketones (excluding diaryl/α,β-unsaturated/α-hetero) is 1. The van der Waals surface area contributed by atoms with E-state index in [1.165, 1.54) is 22.3 Å². The Morgan fingerprint density at radius 2 is 1.69 bits per heavy atom. The molecule has 2 aromatic heterocycles. The molecule has 1 unspecified atom stereocenters. The van der Waals surface area contributed by atoms with Crippen molar-refractivity contribution >= 4 is 52.4 Å². The molecular formula is C48H59F2N4O8PS. The van der Waals surface area contributed by atoms with Crippen molar-refractivity contribution in [3.8, 4) is 22.9 Å². The normalized spacial score (nSPS) is 25.6. The van der Waals surface area contributed by atoms with Gasteiger partial charge in [0, 0.05) is 53.3 Å². The first-order valence-electron chi connectivity index (χ1n) is 22.9. The number of rotatable bonds is 12. The average molecular weight is 921 g/mol. The highest BCUT2D eigenvalue weighted by molar-refractivity contribution is 7.59. The quantitative estimate of drug-likeness (QED) is 0.103. The van der Waals surface area contributed by atoms with Gasteiger partial charge in [0.2, 0.25) is 13.3 Å². The Balaban J connectivity index is 1.13. The molecule has 2 aliphatic heterocycles. The highest BCUT2D eigenvalue weighted by Gasteiger charge is 2.66. The van der Waals surface area contributed by atoms with Gasteiger partial charge in [-0.25, -0.2) is 18.7 Å². The van der Waals surface area contributed by atoms with Crippen LogP contribution in [0.1, 0.15) is 116 Å². The molecule has 0 spiro atoms. The summed E-state index contributed by atoms with van der Waals surface area (Å²) in [5.74, 6) is -3.02. The van der Waals surface area contributed by atoms with Crippen LogP contribution in [0.5, 0.6) is 11.5 Å². The first-order valence-corrected chi connectivity index (χ1v) is 25.6. The zero-order valence-corrected chi connectivity index (χ0v) is 38.6. The second-order valence-corrected chi connectivity index (χ2v) is 22.0. The number of carbonyl (C=O) groups excluding carboxylic acids is 3. The number of anilines is 1. The number of methoxy groups -OCH3 is 1. The Morgan fingerprint density at radius 3 is 2.42 bits per heavy atom. The van der Waals surface area contributed by atoms with Crippen molar-refractivity contribution in [3.05, 3.63) is 65.0 Å². The third kappa shape index (κ3) is 10.2. The van der Waals surface area contributed by atoms with E-state index in [1.807, 2.05) is 25.3 Å². The molecule has 2 saturated heterocycles. The van der Waals surface area contributed by atoms with Crippen molar-refractivity contribution in [2.24, 2.45) is 11.8 Å². The van der Waals surface area contributed by atoms with E-state index >= 15 is 0 Å². The van der Waals surface area contributed by atoms with Crippen molar-refractivity contribution in [3.63, 3.8) is 0 Å². The Labute approximate surface area is 377 Å². The van der Waals surface area contributed by atoms with Gasteiger partial charge in [-0.2, -0.15) is 0 Å². The van der Waals surface area contributed by atoms with Gasteiger partial charge in [-0.3, -0.25) is 18.9 Å². The summed E-state index contributed by atoms with van der Waals surface area (Å²) in [5.41, 5.74) is 1.30. The summed E-state index contributed by atoms with van der Waals surface area (Å²) in [4.78, 5) is 66.5. The van der Waals surface area contributed by atoms with E-state index in [0.29, 0.717) is 53.1 Å². The van der Waals surface area contributed by atoms with Gasteiger partial charge in [-0.1, -0.05) is 38.2 Å². The van der Waals surface area contributed by atoms with Gasteiger partial charge in [0.25, 0.3) is 0 Å².